The average molecular weight is 267 g/mol. The fraction of sp³-hybridized carbons (Fsp3) is 0.385. The van der Waals surface area contributed by atoms with E-state index in [9.17, 15) is 9.59 Å². The molecule has 18 heavy (non-hydrogen) atoms. The van der Waals surface area contributed by atoms with Crippen molar-refractivity contribution in [2.75, 3.05) is 17.2 Å². The lowest BCUT2D eigenvalue weighted by molar-refractivity contribution is -0.136. The van der Waals surface area contributed by atoms with Crippen LogP contribution in [0.2, 0.25) is 0 Å². The first-order chi connectivity index (χ1) is 8.38. The number of anilines is 1. The molecule has 5 heteroatoms. The molecule has 0 atom stereocenters. The minimum absolute atomic E-state index is 0.0138. The number of aryl methyl sites for hydroxylation is 2. The van der Waals surface area contributed by atoms with Crippen molar-refractivity contribution in [1.82, 2.24) is 0 Å². The van der Waals surface area contributed by atoms with E-state index in [0.29, 0.717) is 5.69 Å². The Morgan fingerprint density at radius 2 is 1.78 bits per heavy atom. The van der Waals surface area contributed by atoms with Gasteiger partial charge in [-0.15, -0.1) is 0 Å². The first-order valence-electron chi connectivity index (χ1n) is 5.58. The predicted molar refractivity (Wildman–Crippen MR) is 74.5 cm³/mol. The third kappa shape index (κ3) is 3.04. The van der Waals surface area contributed by atoms with E-state index < -0.39 is 5.97 Å². The number of carbonyl (C=O) groups is 2. The monoisotopic (exact) mass is 267 g/mol. The lowest BCUT2D eigenvalue weighted by atomic mass is 10.0. The highest BCUT2D eigenvalue weighted by Crippen LogP contribution is 2.27. The number of carboxylic acid groups (broad SMARTS) is 1. The quantitative estimate of drug-likeness (QED) is 0.820. The number of aliphatic carboxylic acids is 1. The van der Waals surface area contributed by atoms with Crippen molar-refractivity contribution >= 4 is 30.2 Å². The van der Waals surface area contributed by atoms with E-state index in [-0.39, 0.29) is 18.2 Å². The fourth-order valence-corrected chi connectivity index (χ4v) is 2.04. The van der Waals surface area contributed by atoms with Crippen LogP contribution in [0.4, 0.5) is 5.69 Å². The van der Waals surface area contributed by atoms with E-state index in [1.165, 1.54) is 4.90 Å². The number of hydrogen-bond donors (Lipinski definition) is 2. The van der Waals surface area contributed by atoms with Crippen molar-refractivity contribution in [3.63, 3.8) is 0 Å². The van der Waals surface area contributed by atoms with Crippen LogP contribution >= 0.6 is 12.6 Å². The van der Waals surface area contributed by atoms with Crippen LogP contribution in [0.15, 0.2) is 12.1 Å². The summed E-state index contributed by atoms with van der Waals surface area (Å²) >= 11 is 3.94. The van der Waals surface area contributed by atoms with Crippen LogP contribution in [0, 0.1) is 20.8 Å². The molecule has 0 bridgehead atoms. The summed E-state index contributed by atoms with van der Waals surface area (Å²) in [6, 6.07) is 3.84. The van der Waals surface area contributed by atoms with Crippen LogP contribution in [-0.4, -0.2) is 29.3 Å². The molecule has 0 aromatic heterocycles. The third-order valence-corrected chi connectivity index (χ3v) is 3.17. The summed E-state index contributed by atoms with van der Waals surface area (Å²) in [6.07, 6.45) is 0. The highest BCUT2D eigenvalue weighted by molar-refractivity contribution is 7.81. The lowest BCUT2D eigenvalue weighted by Crippen LogP contribution is -2.37. The zero-order chi connectivity index (χ0) is 13.9. The summed E-state index contributed by atoms with van der Waals surface area (Å²) in [4.78, 5) is 24.0. The summed E-state index contributed by atoms with van der Waals surface area (Å²) < 4.78 is 0. The molecule has 4 nitrogen and oxygen atoms in total. The summed E-state index contributed by atoms with van der Waals surface area (Å²) in [5, 5.41) is 8.92. The molecule has 0 spiro atoms. The standard InChI is InChI=1S/C13H17NO3S/c1-8-4-5-9(2)13(10(8)3)14(6-12(16)17)11(15)7-18/h4-5,18H,6-7H2,1-3H3,(H,16,17). The fourth-order valence-electron chi connectivity index (χ4n) is 1.86. The van der Waals surface area contributed by atoms with Gasteiger partial charge in [-0.1, -0.05) is 12.1 Å². The highest BCUT2D eigenvalue weighted by atomic mass is 32.1. The summed E-state index contributed by atoms with van der Waals surface area (Å²) in [6.45, 7) is 5.34. The number of hydrogen-bond acceptors (Lipinski definition) is 3. The number of rotatable bonds is 4. The maximum Gasteiger partial charge on any atom is 0.323 e. The topological polar surface area (TPSA) is 57.6 Å². The number of amides is 1. The minimum Gasteiger partial charge on any atom is -0.480 e. The molecule has 1 aromatic carbocycles. The number of nitrogens with zero attached hydrogens (tertiary/aromatic N) is 1. The van der Waals surface area contributed by atoms with E-state index in [1.54, 1.807) is 0 Å². The first kappa shape index (κ1) is 14.6. The molecule has 0 aliphatic heterocycles. The summed E-state index contributed by atoms with van der Waals surface area (Å²) in [5.74, 6) is -1.36. The van der Waals surface area contributed by atoms with Gasteiger partial charge in [0.25, 0.3) is 0 Å². The van der Waals surface area contributed by atoms with Crippen molar-refractivity contribution in [3.05, 3.63) is 28.8 Å². The molecule has 0 aliphatic carbocycles. The molecule has 98 valence electrons. The molecule has 1 aromatic rings. The van der Waals surface area contributed by atoms with Crippen molar-refractivity contribution in [1.29, 1.82) is 0 Å². The molecule has 0 unspecified atom stereocenters. The van der Waals surface area contributed by atoms with Gasteiger partial charge in [-0.25, -0.2) is 0 Å². The largest absolute Gasteiger partial charge is 0.480 e. The highest BCUT2D eigenvalue weighted by Gasteiger charge is 2.21. The molecule has 1 rings (SSSR count). The summed E-state index contributed by atoms with van der Waals surface area (Å²) in [5.41, 5.74) is 3.51. The molecule has 1 amide bonds. The maximum atomic E-state index is 11.8. The van der Waals surface area contributed by atoms with Crippen molar-refractivity contribution in [2.45, 2.75) is 20.8 Å². The van der Waals surface area contributed by atoms with E-state index in [0.717, 1.165) is 16.7 Å². The Balaban J connectivity index is 3.32. The Hall–Kier alpha value is -1.49. The normalized spacial score (nSPS) is 10.2. The molecule has 0 fully saturated rings. The third-order valence-electron chi connectivity index (χ3n) is 2.90. The van der Waals surface area contributed by atoms with E-state index in [1.807, 2.05) is 32.9 Å². The maximum absolute atomic E-state index is 11.8. The van der Waals surface area contributed by atoms with Crippen LogP contribution in [0.5, 0.6) is 0 Å². The van der Waals surface area contributed by atoms with Gasteiger partial charge in [-0.05, 0) is 37.5 Å². The zero-order valence-electron chi connectivity index (χ0n) is 10.7. The molecule has 0 saturated heterocycles. The van der Waals surface area contributed by atoms with E-state index in [4.69, 9.17) is 5.11 Å². The van der Waals surface area contributed by atoms with Gasteiger partial charge in [0.15, 0.2) is 0 Å². The van der Waals surface area contributed by atoms with Gasteiger partial charge in [0.05, 0.1) is 11.4 Å². The van der Waals surface area contributed by atoms with Gasteiger partial charge in [-0.3, -0.25) is 14.5 Å². The second kappa shape index (κ2) is 5.91. The molecule has 0 radical (unpaired) electrons. The Kier molecular flexibility index (Phi) is 4.78. The molecule has 0 saturated carbocycles. The SMILES string of the molecule is Cc1ccc(C)c(N(CC(=O)O)C(=O)CS)c1C. The first-order valence-corrected chi connectivity index (χ1v) is 6.21. The van der Waals surface area contributed by atoms with Crippen LogP contribution < -0.4 is 4.90 Å². The minimum atomic E-state index is -1.04. The predicted octanol–water partition coefficient (Wildman–Crippen LogP) is 1.96. The van der Waals surface area contributed by atoms with Gasteiger partial charge in [-0.2, -0.15) is 12.6 Å². The van der Waals surface area contributed by atoms with Crippen LogP contribution in [0.1, 0.15) is 16.7 Å². The number of carbonyl (C=O) groups excluding carboxylic acids is 1. The second-order valence-corrected chi connectivity index (χ2v) is 4.52. The molecule has 0 heterocycles. The van der Waals surface area contributed by atoms with Gasteiger partial charge in [0.2, 0.25) is 5.91 Å². The van der Waals surface area contributed by atoms with Crippen molar-refractivity contribution in [2.24, 2.45) is 0 Å². The number of benzene rings is 1. The van der Waals surface area contributed by atoms with Crippen molar-refractivity contribution in [3.8, 4) is 0 Å². The molecule has 0 aliphatic rings. The van der Waals surface area contributed by atoms with Gasteiger partial charge in [0, 0.05) is 0 Å². The second-order valence-electron chi connectivity index (χ2n) is 4.20. The average Bonchev–Trinajstić information content (AvgIpc) is 2.31. The van der Waals surface area contributed by atoms with Gasteiger partial charge >= 0.3 is 5.97 Å². The molecular weight excluding hydrogens is 250 g/mol. The van der Waals surface area contributed by atoms with Crippen LogP contribution in [0.25, 0.3) is 0 Å². The zero-order valence-corrected chi connectivity index (χ0v) is 11.6. The Bertz CT molecular complexity index is 485. The van der Waals surface area contributed by atoms with E-state index in [2.05, 4.69) is 12.6 Å². The number of thiol groups is 1. The van der Waals surface area contributed by atoms with Gasteiger partial charge in [0.1, 0.15) is 6.54 Å². The summed E-state index contributed by atoms with van der Waals surface area (Å²) in [7, 11) is 0. The lowest BCUT2D eigenvalue weighted by Gasteiger charge is -2.25. The molecule has 1 N–H and O–H groups in total. The van der Waals surface area contributed by atoms with Crippen LogP contribution in [0.3, 0.4) is 0 Å². The smallest absolute Gasteiger partial charge is 0.323 e. The van der Waals surface area contributed by atoms with Crippen LogP contribution in [-0.2, 0) is 9.59 Å². The van der Waals surface area contributed by atoms with Crippen molar-refractivity contribution < 1.29 is 14.7 Å². The Morgan fingerprint density at radius 3 is 2.28 bits per heavy atom. The molecular formula is C13H17NO3S. The number of carboxylic acids is 1. The van der Waals surface area contributed by atoms with E-state index >= 15 is 0 Å². The Labute approximate surface area is 112 Å². The van der Waals surface area contributed by atoms with Gasteiger partial charge < -0.3 is 5.11 Å². The Morgan fingerprint density at radius 1 is 1.22 bits per heavy atom.